The van der Waals surface area contributed by atoms with E-state index in [1.54, 1.807) is 0 Å². The maximum absolute atomic E-state index is 5.68. The van der Waals surface area contributed by atoms with E-state index in [1.165, 1.54) is 0 Å². The van der Waals surface area contributed by atoms with Crippen molar-refractivity contribution in [1.29, 1.82) is 0 Å². The van der Waals surface area contributed by atoms with Gasteiger partial charge >= 0.3 is 0 Å². The molecule has 0 bridgehead atoms. The Bertz CT molecular complexity index is 377. The molecule has 0 heterocycles. The SMILES string of the molecule is Bc1c(C)cc(OCC)c(OCC)c1OCC. The van der Waals surface area contributed by atoms with Crippen LogP contribution in [0.3, 0.4) is 0 Å². The van der Waals surface area contributed by atoms with Gasteiger partial charge in [0.2, 0.25) is 5.75 Å². The summed E-state index contributed by atoms with van der Waals surface area (Å²) in [6, 6.07) is 2.01. The van der Waals surface area contributed by atoms with Crippen LogP contribution in [0.25, 0.3) is 0 Å². The van der Waals surface area contributed by atoms with Crippen molar-refractivity contribution in [3.63, 3.8) is 0 Å². The van der Waals surface area contributed by atoms with Crippen molar-refractivity contribution in [2.45, 2.75) is 27.7 Å². The first-order valence-corrected chi connectivity index (χ1v) is 6.18. The Hall–Kier alpha value is -1.32. The molecular weight excluding hydrogens is 215 g/mol. The van der Waals surface area contributed by atoms with Gasteiger partial charge in [0, 0.05) is 0 Å². The largest absolute Gasteiger partial charge is 0.490 e. The second-order valence-electron chi connectivity index (χ2n) is 3.77. The zero-order chi connectivity index (χ0) is 12.8. The first-order chi connectivity index (χ1) is 8.15. The first kappa shape index (κ1) is 13.7. The molecule has 1 rings (SSSR count). The summed E-state index contributed by atoms with van der Waals surface area (Å²) in [5.74, 6) is 2.29. The van der Waals surface area contributed by atoms with Crippen molar-refractivity contribution in [3.8, 4) is 17.2 Å². The summed E-state index contributed by atoms with van der Waals surface area (Å²) in [5, 5.41) is 0. The molecule has 0 spiro atoms. The topological polar surface area (TPSA) is 27.7 Å². The number of benzene rings is 1. The fourth-order valence-electron chi connectivity index (χ4n) is 1.69. The monoisotopic (exact) mass is 236 g/mol. The van der Waals surface area contributed by atoms with Gasteiger partial charge in [-0.15, -0.1) is 0 Å². The van der Waals surface area contributed by atoms with Crippen LogP contribution in [0.5, 0.6) is 17.2 Å². The van der Waals surface area contributed by atoms with Crippen LogP contribution in [-0.2, 0) is 0 Å². The second-order valence-corrected chi connectivity index (χ2v) is 3.77. The van der Waals surface area contributed by atoms with Crippen LogP contribution in [0.15, 0.2) is 6.07 Å². The van der Waals surface area contributed by atoms with E-state index in [-0.39, 0.29) is 0 Å². The van der Waals surface area contributed by atoms with Crippen LogP contribution in [0.2, 0.25) is 0 Å². The average Bonchev–Trinajstić information content (AvgIpc) is 2.30. The predicted molar refractivity (Wildman–Crippen MR) is 72.9 cm³/mol. The Morgan fingerprint density at radius 2 is 1.47 bits per heavy atom. The van der Waals surface area contributed by atoms with Crippen molar-refractivity contribution in [2.24, 2.45) is 0 Å². The van der Waals surface area contributed by atoms with Crippen molar-refractivity contribution < 1.29 is 14.2 Å². The molecule has 0 N–H and O–H groups in total. The molecule has 0 unspecified atom stereocenters. The molecule has 1 aromatic rings. The number of aryl methyl sites for hydroxylation is 1. The van der Waals surface area contributed by atoms with Gasteiger partial charge in [-0.3, -0.25) is 0 Å². The third-order valence-corrected chi connectivity index (χ3v) is 2.59. The van der Waals surface area contributed by atoms with Gasteiger partial charge in [-0.1, -0.05) is 0 Å². The minimum absolute atomic E-state index is 0.600. The van der Waals surface area contributed by atoms with Gasteiger partial charge in [0.05, 0.1) is 19.8 Å². The van der Waals surface area contributed by atoms with Crippen LogP contribution in [0, 0.1) is 6.92 Å². The molecule has 0 atom stereocenters. The molecule has 1 aromatic carbocycles. The van der Waals surface area contributed by atoms with E-state index in [4.69, 9.17) is 14.2 Å². The summed E-state index contributed by atoms with van der Waals surface area (Å²) in [4.78, 5) is 0. The van der Waals surface area contributed by atoms with Gasteiger partial charge in [-0.05, 0) is 44.8 Å². The molecule has 0 aliphatic rings. The lowest BCUT2D eigenvalue weighted by atomic mass is 9.89. The van der Waals surface area contributed by atoms with Gasteiger partial charge in [0.15, 0.2) is 11.5 Å². The van der Waals surface area contributed by atoms with Gasteiger partial charge in [-0.25, -0.2) is 0 Å². The number of hydrogen-bond acceptors (Lipinski definition) is 3. The van der Waals surface area contributed by atoms with Crippen LogP contribution in [-0.4, -0.2) is 27.7 Å². The lowest BCUT2D eigenvalue weighted by molar-refractivity contribution is 0.262. The maximum atomic E-state index is 5.68. The fraction of sp³-hybridized carbons (Fsp3) is 0.538. The smallest absolute Gasteiger partial charge is 0.202 e. The summed E-state index contributed by atoms with van der Waals surface area (Å²) in [6.45, 7) is 9.78. The number of hydrogen-bond donors (Lipinski definition) is 0. The molecule has 0 aromatic heterocycles. The molecule has 0 aliphatic carbocycles. The lowest BCUT2D eigenvalue weighted by Gasteiger charge is -2.19. The quantitative estimate of drug-likeness (QED) is 0.699. The summed E-state index contributed by atoms with van der Waals surface area (Å²) in [6.07, 6.45) is 0. The molecule has 94 valence electrons. The van der Waals surface area contributed by atoms with Crippen molar-refractivity contribution >= 4 is 13.3 Å². The molecule has 0 radical (unpaired) electrons. The summed E-state index contributed by atoms with van der Waals surface area (Å²) in [5.41, 5.74) is 2.26. The molecule has 4 heteroatoms. The molecule has 3 nitrogen and oxygen atoms in total. The zero-order valence-electron chi connectivity index (χ0n) is 11.4. The normalized spacial score (nSPS) is 10.1. The molecule has 0 amide bonds. The molecule has 0 saturated heterocycles. The Kier molecular flexibility index (Phi) is 5.20. The van der Waals surface area contributed by atoms with Crippen molar-refractivity contribution in [3.05, 3.63) is 11.6 Å². The first-order valence-electron chi connectivity index (χ1n) is 6.18. The molecule has 0 saturated carbocycles. The second kappa shape index (κ2) is 6.43. The fourth-order valence-corrected chi connectivity index (χ4v) is 1.69. The van der Waals surface area contributed by atoms with E-state index in [9.17, 15) is 0 Å². The highest BCUT2D eigenvalue weighted by atomic mass is 16.5. The van der Waals surface area contributed by atoms with E-state index in [0.717, 1.165) is 28.3 Å². The predicted octanol–water partition coefficient (Wildman–Crippen LogP) is 1.45. The highest BCUT2D eigenvalue weighted by Gasteiger charge is 2.17. The minimum Gasteiger partial charge on any atom is -0.490 e. The number of ether oxygens (including phenoxy) is 3. The third kappa shape index (κ3) is 3.08. The molecular formula is C13H21BO3. The highest BCUT2D eigenvalue weighted by Crippen LogP contribution is 2.37. The van der Waals surface area contributed by atoms with E-state index in [1.807, 2.05) is 34.7 Å². The highest BCUT2D eigenvalue weighted by molar-refractivity contribution is 6.35. The van der Waals surface area contributed by atoms with E-state index in [2.05, 4.69) is 6.92 Å². The molecule has 17 heavy (non-hydrogen) atoms. The van der Waals surface area contributed by atoms with Crippen LogP contribution >= 0.6 is 0 Å². The van der Waals surface area contributed by atoms with E-state index in [0.29, 0.717) is 19.8 Å². The number of rotatable bonds is 6. The Morgan fingerprint density at radius 3 is 2.00 bits per heavy atom. The van der Waals surface area contributed by atoms with Gasteiger partial charge in [-0.2, -0.15) is 0 Å². The van der Waals surface area contributed by atoms with Gasteiger partial charge in [0.25, 0.3) is 0 Å². The van der Waals surface area contributed by atoms with Gasteiger partial charge in [0.1, 0.15) is 7.85 Å². The van der Waals surface area contributed by atoms with E-state index >= 15 is 0 Å². The molecule has 0 fully saturated rings. The summed E-state index contributed by atoms with van der Waals surface area (Å²) < 4.78 is 16.9. The molecule has 0 aliphatic heterocycles. The van der Waals surface area contributed by atoms with Crippen LogP contribution < -0.4 is 19.7 Å². The Balaban J connectivity index is 3.29. The summed E-state index contributed by atoms with van der Waals surface area (Å²) >= 11 is 0. The van der Waals surface area contributed by atoms with Crippen LogP contribution in [0.1, 0.15) is 26.3 Å². The Labute approximate surface area is 104 Å². The average molecular weight is 236 g/mol. The standard InChI is InChI=1S/C13H21BO3/c1-5-15-10-8-9(4)11(14)13(17-7-3)12(10)16-6-2/h8H,5-7,14H2,1-4H3. The lowest BCUT2D eigenvalue weighted by Crippen LogP contribution is -2.16. The summed E-state index contributed by atoms with van der Waals surface area (Å²) in [7, 11) is 2.04. The zero-order valence-corrected chi connectivity index (χ0v) is 11.4. The van der Waals surface area contributed by atoms with Gasteiger partial charge < -0.3 is 14.2 Å². The van der Waals surface area contributed by atoms with Crippen LogP contribution in [0.4, 0.5) is 0 Å². The maximum Gasteiger partial charge on any atom is 0.202 e. The van der Waals surface area contributed by atoms with E-state index < -0.39 is 0 Å². The van der Waals surface area contributed by atoms with Crippen molar-refractivity contribution in [1.82, 2.24) is 0 Å². The van der Waals surface area contributed by atoms with Crippen molar-refractivity contribution in [2.75, 3.05) is 19.8 Å². The third-order valence-electron chi connectivity index (χ3n) is 2.59. The Morgan fingerprint density at radius 1 is 0.941 bits per heavy atom. The minimum atomic E-state index is 0.600.